The summed E-state index contributed by atoms with van der Waals surface area (Å²) in [5.74, 6) is 0.502. The molecule has 6 nitrogen and oxygen atoms in total. The summed E-state index contributed by atoms with van der Waals surface area (Å²) in [5, 5.41) is 8.54. The van der Waals surface area contributed by atoms with Gasteiger partial charge < -0.3 is 4.90 Å². The van der Waals surface area contributed by atoms with Gasteiger partial charge in [-0.1, -0.05) is 24.3 Å². The number of nitrogens with zero attached hydrogens (tertiary/aromatic N) is 4. The van der Waals surface area contributed by atoms with Crippen LogP contribution in [0.3, 0.4) is 0 Å². The SMILES string of the molecule is Cc1ccc(C)c(S(=O)(=O)[C@H](C#N)c2nc3ccccc3nc2N2CCCC2)c1. The average Bonchev–Trinajstić information content (AvgIpc) is 3.24. The van der Waals surface area contributed by atoms with Gasteiger partial charge in [-0.05, 0) is 56.0 Å². The minimum Gasteiger partial charge on any atom is -0.355 e. The smallest absolute Gasteiger partial charge is 0.200 e. The van der Waals surface area contributed by atoms with Gasteiger partial charge in [0.1, 0.15) is 5.69 Å². The molecule has 148 valence electrons. The molecule has 1 saturated heterocycles. The van der Waals surface area contributed by atoms with Crippen LogP contribution in [-0.2, 0) is 9.84 Å². The third-order valence-corrected chi connectivity index (χ3v) is 7.31. The Labute approximate surface area is 170 Å². The molecule has 29 heavy (non-hydrogen) atoms. The third-order valence-electron chi connectivity index (χ3n) is 5.31. The highest BCUT2D eigenvalue weighted by molar-refractivity contribution is 7.92. The summed E-state index contributed by atoms with van der Waals surface area (Å²) < 4.78 is 27.1. The number of hydrogen-bond donors (Lipinski definition) is 0. The second-order valence-corrected chi connectivity index (χ2v) is 9.44. The van der Waals surface area contributed by atoms with Crippen LogP contribution in [0.4, 0.5) is 5.82 Å². The summed E-state index contributed by atoms with van der Waals surface area (Å²) in [7, 11) is -3.97. The Morgan fingerprint density at radius 3 is 2.34 bits per heavy atom. The van der Waals surface area contributed by atoms with Crippen molar-refractivity contribution in [2.75, 3.05) is 18.0 Å². The van der Waals surface area contributed by atoms with E-state index in [2.05, 4.69) is 4.98 Å². The summed E-state index contributed by atoms with van der Waals surface area (Å²) in [6.45, 7) is 5.14. The molecule has 0 N–H and O–H groups in total. The second-order valence-electron chi connectivity index (χ2n) is 7.44. The Morgan fingerprint density at radius 2 is 1.69 bits per heavy atom. The molecule has 0 saturated carbocycles. The van der Waals surface area contributed by atoms with Gasteiger partial charge in [-0.15, -0.1) is 0 Å². The number of sulfone groups is 1. The number of para-hydroxylation sites is 2. The molecule has 3 aromatic rings. The molecule has 0 spiro atoms. The Bertz CT molecular complexity index is 1230. The number of hydrogen-bond acceptors (Lipinski definition) is 6. The summed E-state index contributed by atoms with van der Waals surface area (Å²) in [4.78, 5) is 11.6. The summed E-state index contributed by atoms with van der Waals surface area (Å²) in [5.41, 5.74) is 2.94. The van der Waals surface area contributed by atoms with E-state index >= 15 is 0 Å². The van der Waals surface area contributed by atoms with Gasteiger partial charge in [-0.25, -0.2) is 18.4 Å². The van der Waals surface area contributed by atoms with Crippen LogP contribution in [0.5, 0.6) is 0 Å². The van der Waals surface area contributed by atoms with E-state index in [0.717, 1.165) is 31.5 Å². The Hall–Kier alpha value is -2.98. The molecule has 0 aliphatic carbocycles. The molecule has 0 radical (unpaired) electrons. The number of fused-ring (bicyclic) bond motifs is 1. The normalized spacial score (nSPS) is 15.4. The number of aromatic nitrogens is 2. The van der Waals surface area contributed by atoms with Gasteiger partial charge in [0.25, 0.3) is 0 Å². The van der Waals surface area contributed by atoms with Gasteiger partial charge in [0.05, 0.1) is 22.0 Å². The van der Waals surface area contributed by atoms with Crippen molar-refractivity contribution in [2.24, 2.45) is 0 Å². The lowest BCUT2D eigenvalue weighted by atomic mass is 10.2. The number of rotatable bonds is 4. The van der Waals surface area contributed by atoms with Gasteiger partial charge in [0.15, 0.2) is 11.1 Å². The van der Waals surface area contributed by atoms with Crippen molar-refractivity contribution in [3.8, 4) is 6.07 Å². The van der Waals surface area contributed by atoms with Crippen LogP contribution in [0.2, 0.25) is 0 Å². The first-order valence-corrected chi connectivity index (χ1v) is 11.2. The van der Waals surface area contributed by atoms with E-state index < -0.39 is 15.1 Å². The lowest BCUT2D eigenvalue weighted by Gasteiger charge is -2.22. The van der Waals surface area contributed by atoms with Crippen molar-refractivity contribution in [2.45, 2.75) is 36.8 Å². The molecule has 2 aromatic carbocycles. The van der Waals surface area contributed by atoms with Crippen LogP contribution in [0.1, 0.15) is 34.9 Å². The van der Waals surface area contributed by atoms with Gasteiger partial charge in [-0.2, -0.15) is 5.26 Å². The maximum absolute atomic E-state index is 13.5. The van der Waals surface area contributed by atoms with Gasteiger partial charge in [0.2, 0.25) is 9.84 Å². The quantitative estimate of drug-likeness (QED) is 0.653. The molecule has 7 heteroatoms. The molecule has 0 amide bonds. The summed E-state index contributed by atoms with van der Waals surface area (Å²) in [6, 6.07) is 14.6. The predicted molar refractivity (Wildman–Crippen MR) is 112 cm³/mol. The van der Waals surface area contributed by atoms with Gasteiger partial charge in [-0.3, -0.25) is 0 Å². The van der Waals surface area contributed by atoms with Crippen molar-refractivity contribution < 1.29 is 8.42 Å². The largest absolute Gasteiger partial charge is 0.355 e. The van der Waals surface area contributed by atoms with Crippen molar-refractivity contribution in [1.82, 2.24) is 9.97 Å². The van der Waals surface area contributed by atoms with Crippen LogP contribution < -0.4 is 4.90 Å². The highest BCUT2D eigenvalue weighted by atomic mass is 32.2. The zero-order valence-electron chi connectivity index (χ0n) is 16.5. The Kier molecular flexibility index (Phi) is 4.97. The molecule has 1 aliphatic rings. The Morgan fingerprint density at radius 1 is 1.03 bits per heavy atom. The molecule has 0 unspecified atom stereocenters. The van der Waals surface area contributed by atoms with E-state index in [9.17, 15) is 13.7 Å². The van der Waals surface area contributed by atoms with E-state index in [4.69, 9.17) is 4.98 Å². The topological polar surface area (TPSA) is 86.9 Å². The standard InChI is InChI=1S/C22H22N4O2S/c1-15-9-10-16(2)19(13-15)29(27,28)20(14-23)21-22(26-11-5-6-12-26)25-18-8-4-3-7-17(18)24-21/h3-4,7-10,13,20H,5-6,11-12H2,1-2H3/t20-/m1/s1. The zero-order chi connectivity index (χ0) is 20.6. The molecular weight excluding hydrogens is 384 g/mol. The molecule has 2 heterocycles. The van der Waals surface area contributed by atoms with E-state index in [0.29, 0.717) is 22.4 Å². The van der Waals surface area contributed by atoms with Gasteiger partial charge in [0, 0.05) is 13.1 Å². The molecule has 0 bridgehead atoms. The maximum Gasteiger partial charge on any atom is 0.200 e. The molecule has 4 rings (SSSR count). The number of aryl methyl sites for hydroxylation is 2. The zero-order valence-corrected chi connectivity index (χ0v) is 17.3. The van der Waals surface area contributed by atoms with E-state index in [1.165, 1.54) is 0 Å². The van der Waals surface area contributed by atoms with E-state index in [1.54, 1.807) is 25.1 Å². The Balaban J connectivity index is 1.94. The highest BCUT2D eigenvalue weighted by Gasteiger charge is 2.36. The number of benzene rings is 2. The van der Waals surface area contributed by atoms with E-state index in [-0.39, 0.29) is 10.6 Å². The minimum atomic E-state index is -3.97. The molecule has 1 fully saturated rings. The van der Waals surface area contributed by atoms with Crippen molar-refractivity contribution in [3.05, 3.63) is 59.3 Å². The first kappa shape index (κ1) is 19.3. The fourth-order valence-electron chi connectivity index (χ4n) is 3.76. The third kappa shape index (κ3) is 3.45. The monoisotopic (exact) mass is 406 g/mol. The van der Waals surface area contributed by atoms with Crippen molar-refractivity contribution in [1.29, 1.82) is 5.26 Å². The fourth-order valence-corrected chi connectivity index (χ4v) is 5.47. The second kappa shape index (κ2) is 7.45. The average molecular weight is 407 g/mol. The van der Waals surface area contributed by atoms with E-state index in [1.807, 2.05) is 42.2 Å². The number of anilines is 1. The van der Waals surface area contributed by atoms with Crippen LogP contribution in [0.15, 0.2) is 47.4 Å². The highest BCUT2D eigenvalue weighted by Crippen LogP contribution is 2.36. The first-order chi connectivity index (χ1) is 13.9. The minimum absolute atomic E-state index is 0.173. The molecular formula is C22H22N4O2S. The van der Waals surface area contributed by atoms with Crippen LogP contribution in [0.25, 0.3) is 11.0 Å². The predicted octanol–water partition coefficient (Wildman–Crippen LogP) is 3.89. The van der Waals surface area contributed by atoms with Gasteiger partial charge >= 0.3 is 0 Å². The van der Waals surface area contributed by atoms with Crippen molar-refractivity contribution >= 4 is 26.7 Å². The summed E-state index contributed by atoms with van der Waals surface area (Å²) in [6.07, 6.45) is 2.02. The maximum atomic E-state index is 13.5. The van der Waals surface area contributed by atoms with Crippen LogP contribution in [-0.4, -0.2) is 31.5 Å². The lowest BCUT2D eigenvalue weighted by Crippen LogP contribution is -2.25. The number of nitriles is 1. The first-order valence-electron chi connectivity index (χ1n) is 9.64. The van der Waals surface area contributed by atoms with Crippen LogP contribution >= 0.6 is 0 Å². The summed E-state index contributed by atoms with van der Waals surface area (Å²) >= 11 is 0. The van der Waals surface area contributed by atoms with Crippen molar-refractivity contribution in [3.63, 3.8) is 0 Å². The molecule has 1 atom stereocenters. The molecule has 1 aromatic heterocycles. The lowest BCUT2D eigenvalue weighted by molar-refractivity contribution is 0.589. The fraction of sp³-hybridized carbons (Fsp3) is 0.318. The molecule has 1 aliphatic heterocycles. The van der Waals surface area contributed by atoms with Crippen LogP contribution in [0, 0.1) is 25.2 Å².